The number of carboxylic acids is 1. The second-order valence-corrected chi connectivity index (χ2v) is 5.81. The molecule has 5 heteroatoms. The molecule has 0 saturated heterocycles. The zero-order valence-corrected chi connectivity index (χ0v) is 13.0. The third kappa shape index (κ3) is 4.06. The van der Waals surface area contributed by atoms with E-state index in [2.05, 4.69) is 18.2 Å². The smallest absolute Gasteiger partial charge is 0.341 e. The minimum atomic E-state index is -0.998. The molecule has 1 aliphatic rings. The summed E-state index contributed by atoms with van der Waals surface area (Å²) in [7, 11) is 0. The zero-order valence-electron chi connectivity index (χ0n) is 13.0. The molecule has 0 bridgehead atoms. The maximum absolute atomic E-state index is 10.9. The highest BCUT2D eigenvalue weighted by molar-refractivity contribution is 5.68. The minimum absolute atomic E-state index is 0.323. The molecular formula is C17H23NO4. The van der Waals surface area contributed by atoms with Crippen LogP contribution in [0.25, 0.3) is 0 Å². The Kier molecular flexibility index (Phi) is 5.92. The van der Waals surface area contributed by atoms with Gasteiger partial charge in [0.15, 0.2) is 6.61 Å². The van der Waals surface area contributed by atoms with E-state index in [0.29, 0.717) is 5.75 Å². The first kappa shape index (κ1) is 16.5. The quantitative estimate of drug-likeness (QED) is 0.552. The van der Waals surface area contributed by atoms with Crippen LogP contribution >= 0.6 is 0 Å². The Balaban J connectivity index is 2.17. The number of carboxylic acid groups (broad SMARTS) is 1. The summed E-state index contributed by atoms with van der Waals surface area (Å²) in [5, 5.41) is 12.0. The number of aryl methyl sites for hydroxylation is 2. The van der Waals surface area contributed by atoms with Gasteiger partial charge in [0, 0.05) is 0 Å². The lowest BCUT2D eigenvalue weighted by Gasteiger charge is -2.14. The van der Waals surface area contributed by atoms with Crippen molar-refractivity contribution in [3.63, 3.8) is 0 Å². The number of benzene rings is 1. The fourth-order valence-electron chi connectivity index (χ4n) is 2.99. The van der Waals surface area contributed by atoms with Crippen LogP contribution in [-0.4, -0.2) is 17.7 Å². The lowest BCUT2D eigenvalue weighted by Crippen LogP contribution is -2.11. The Morgan fingerprint density at radius 2 is 2.18 bits per heavy atom. The molecule has 1 unspecified atom stereocenters. The van der Waals surface area contributed by atoms with Crippen molar-refractivity contribution in [3.05, 3.63) is 33.7 Å². The van der Waals surface area contributed by atoms with E-state index >= 15 is 0 Å². The molecule has 0 aliphatic heterocycles. The molecule has 0 radical (unpaired) electrons. The van der Waals surface area contributed by atoms with Gasteiger partial charge in [0.2, 0.25) is 0 Å². The molecule has 1 aromatic rings. The van der Waals surface area contributed by atoms with E-state index in [0.717, 1.165) is 48.8 Å². The number of hydrogen-bond acceptors (Lipinski definition) is 4. The number of nitrogens with zero attached hydrogens (tertiary/aromatic N) is 1. The van der Waals surface area contributed by atoms with Crippen LogP contribution in [0.2, 0.25) is 0 Å². The summed E-state index contributed by atoms with van der Waals surface area (Å²) < 4.78 is 5.43. The molecule has 0 aromatic heterocycles. The van der Waals surface area contributed by atoms with E-state index < -0.39 is 5.97 Å². The second-order valence-electron chi connectivity index (χ2n) is 5.81. The largest absolute Gasteiger partial charge is 0.482 e. The van der Waals surface area contributed by atoms with E-state index in [9.17, 15) is 9.70 Å². The number of carbonyl (C=O) groups is 1. The number of ether oxygens (including phenoxy) is 1. The van der Waals surface area contributed by atoms with Gasteiger partial charge in [0.1, 0.15) is 11.8 Å². The van der Waals surface area contributed by atoms with Crippen molar-refractivity contribution in [1.82, 2.24) is 0 Å². The summed E-state index contributed by atoms with van der Waals surface area (Å²) in [6.07, 6.45) is 7.06. The molecule has 1 atom stereocenters. The lowest BCUT2D eigenvalue weighted by atomic mass is 9.99. The van der Waals surface area contributed by atoms with Gasteiger partial charge >= 0.3 is 5.97 Å². The fraction of sp³-hybridized carbons (Fsp3) is 0.588. The highest BCUT2D eigenvalue weighted by Crippen LogP contribution is 2.38. The number of rotatable bonds is 9. The normalized spacial score (nSPS) is 16.3. The van der Waals surface area contributed by atoms with Crippen LogP contribution in [0.3, 0.4) is 0 Å². The highest BCUT2D eigenvalue weighted by atomic mass is 16.5. The topological polar surface area (TPSA) is 76.0 Å². The molecular weight excluding hydrogens is 282 g/mol. The van der Waals surface area contributed by atoms with Gasteiger partial charge in [-0.1, -0.05) is 37.4 Å². The molecule has 5 nitrogen and oxygen atoms in total. The minimum Gasteiger partial charge on any atom is -0.482 e. The predicted molar refractivity (Wildman–Crippen MR) is 84.3 cm³/mol. The third-order valence-corrected chi connectivity index (χ3v) is 4.15. The maximum Gasteiger partial charge on any atom is 0.341 e. The Morgan fingerprint density at radius 3 is 2.86 bits per heavy atom. The predicted octanol–water partition coefficient (Wildman–Crippen LogP) is 4.03. The van der Waals surface area contributed by atoms with Crippen LogP contribution in [0.5, 0.6) is 5.75 Å². The fourth-order valence-corrected chi connectivity index (χ4v) is 2.99. The zero-order chi connectivity index (χ0) is 15.9. The molecule has 0 spiro atoms. The van der Waals surface area contributed by atoms with Crippen LogP contribution in [0.4, 0.5) is 0 Å². The van der Waals surface area contributed by atoms with Crippen LogP contribution in [0, 0.1) is 4.91 Å². The molecule has 2 rings (SSSR count). The summed E-state index contributed by atoms with van der Waals surface area (Å²) in [4.78, 5) is 21.6. The first-order chi connectivity index (χ1) is 10.7. The van der Waals surface area contributed by atoms with Crippen LogP contribution < -0.4 is 4.74 Å². The van der Waals surface area contributed by atoms with Crippen molar-refractivity contribution in [2.24, 2.45) is 5.18 Å². The first-order valence-electron chi connectivity index (χ1n) is 7.98. The number of aliphatic carboxylic acids is 1. The van der Waals surface area contributed by atoms with E-state index in [-0.39, 0.29) is 12.6 Å². The SMILES string of the molecule is CCCCCCc1cc2c(cc1OCC(=O)O)C(N=O)CC2. The van der Waals surface area contributed by atoms with Crippen molar-refractivity contribution in [1.29, 1.82) is 0 Å². The van der Waals surface area contributed by atoms with Crippen LogP contribution in [-0.2, 0) is 17.6 Å². The summed E-state index contributed by atoms with van der Waals surface area (Å²) in [5.74, 6) is -0.407. The summed E-state index contributed by atoms with van der Waals surface area (Å²) in [6.45, 7) is 1.81. The second kappa shape index (κ2) is 7.92. The Bertz CT molecular complexity index is 542. The molecule has 1 aliphatic carbocycles. The molecule has 0 amide bonds. The van der Waals surface area contributed by atoms with Crippen molar-refractivity contribution >= 4 is 5.97 Å². The van der Waals surface area contributed by atoms with Crippen molar-refractivity contribution < 1.29 is 14.6 Å². The maximum atomic E-state index is 10.9. The molecule has 0 saturated carbocycles. The molecule has 1 N–H and O–H groups in total. The summed E-state index contributed by atoms with van der Waals surface area (Å²) in [6, 6.07) is 3.58. The van der Waals surface area contributed by atoms with Crippen molar-refractivity contribution in [2.45, 2.75) is 57.9 Å². The van der Waals surface area contributed by atoms with Crippen molar-refractivity contribution in [2.75, 3.05) is 6.61 Å². The Morgan fingerprint density at radius 1 is 1.36 bits per heavy atom. The Hall–Kier alpha value is -1.91. The molecule has 0 heterocycles. The monoisotopic (exact) mass is 305 g/mol. The van der Waals surface area contributed by atoms with Gasteiger partial charge in [0.25, 0.3) is 0 Å². The average Bonchev–Trinajstić information content (AvgIpc) is 2.90. The van der Waals surface area contributed by atoms with Gasteiger partial charge in [-0.05, 0) is 48.4 Å². The molecule has 22 heavy (non-hydrogen) atoms. The summed E-state index contributed by atoms with van der Waals surface area (Å²) in [5.41, 5.74) is 3.09. The van der Waals surface area contributed by atoms with Crippen LogP contribution in [0.15, 0.2) is 17.3 Å². The highest BCUT2D eigenvalue weighted by Gasteiger charge is 2.25. The van der Waals surface area contributed by atoms with E-state index in [1.165, 1.54) is 12.8 Å². The van der Waals surface area contributed by atoms with Crippen LogP contribution in [0.1, 0.15) is 61.8 Å². The molecule has 120 valence electrons. The van der Waals surface area contributed by atoms with Gasteiger partial charge in [-0.3, -0.25) is 0 Å². The number of unbranched alkanes of at least 4 members (excludes halogenated alkanes) is 3. The number of fused-ring (bicyclic) bond motifs is 1. The average molecular weight is 305 g/mol. The van der Waals surface area contributed by atoms with E-state index in [1.54, 1.807) is 0 Å². The molecule has 1 aromatic carbocycles. The summed E-state index contributed by atoms with van der Waals surface area (Å²) >= 11 is 0. The first-order valence-corrected chi connectivity index (χ1v) is 7.98. The van der Waals surface area contributed by atoms with Gasteiger partial charge in [-0.25, -0.2) is 4.79 Å². The standard InChI is InChI=1S/C17H23NO4/c1-2-3-4-5-6-13-9-12-7-8-15(18-21)14(12)10-16(13)22-11-17(19)20/h9-10,15H,2-8,11H2,1H3,(H,19,20). The van der Waals surface area contributed by atoms with Gasteiger partial charge < -0.3 is 9.84 Å². The number of nitroso groups, excluding NO2 is 1. The van der Waals surface area contributed by atoms with Gasteiger partial charge in [-0.2, -0.15) is 4.91 Å². The lowest BCUT2D eigenvalue weighted by molar-refractivity contribution is -0.139. The third-order valence-electron chi connectivity index (χ3n) is 4.15. The molecule has 0 fully saturated rings. The van der Waals surface area contributed by atoms with E-state index in [1.807, 2.05) is 6.07 Å². The number of hydrogen-bond donors (Lipinski definition) is 1. The van der Waals surface area contributed by atoms with E-state index in [4.69, 9.17) is 9.84 Å². The van der Waals surface area contributed by atoms with Gasteiger partial charge in [-0.15, -0.1) is 0 Å². The Labute approximate surface area is 130 Å². The van der Waals surface area contributed by atoms with Crippen molar-refractivity contribution in [3.8, 4) is 5.75 Å². The van der Waals surface area contributed by atoms with Gasteiger partial charge in [0.05, 0.1) is 0 Å².